The van der Waals surface area contributed by atoms with Crippen LogP contribution >= 0.6 is 0 Å². The lowest BCUT2D eigenvalue weighted by Crippen LogP contribution is -2.45. The number of aliphatic hydroxyl groups excluding tert-OH is 2. The predicted octanol–water partition coefficient (Wildman–Crippen LogP) is 27.4. The molecule has 0 aromatic heterocycles. The Morgan fingerprint density at radius 3 is 0.889 bits per heavy atom. The predicted molar refractivity (Wildman–Crippen MR) is 398 cm³/mol. The fourth-order valence-corrected chi connectivity index (χ4v) is 13.1. The van der Waals surface area contributed by atoms with E-state index >= 15 is 0 Å². The molecule has 2 atom stereocenters. The lowest BCUT2D eigenvalue weighted by atomic mass is 10.0. The van der Waals surface area contributed by atoms with E-state index in [1.165, 1.54) is 379 Å². The Hall–Kier alpha value is -1.92. The van der Waals surface area contributed by atoms with Gasteiger partial charge in [-0.05, 0) is 77.0 Å². The second kappa shape index (κ2) is 79.5. The second-order valence-electron chi connectivity index (χ2n) is 28.5. The normalized spacial score (nSPS) is 12.6. The van der Waals surface area contributed by atoms with Crippen LogP contribution < -0.4 is 5.32 Å². The Labute approximate surface area is 564 Å². The fraction of sp³-hybridized carbons (Fsp3) is 0.905. The van der Waals surface area contributed by atoms with E-state index in [-0.39, 0.29) is 18.5 Å². The average molecular weight is 1270 g/mol. The van der Waals surface area contributed by atoms with Gasteiger partial charge in [0.05, 0.1) is 25.4 Å². The summed E-state index contributed by atoms with van der Waals surface area (Å²) in [6, 6.07) is -0.540. The molecule has 0 fully saturated rings. The molecule has 90 heavy (non-hydrogen) atoms. The maximum Gasteiger partial charge on any atom is 0.305 e. The number of rotatable bonds is 78. The zero-order valence-electron chi connectivity index (χ0n) is 61.1. The molecule has 0 aromatic rings. The molecule has 0 spiro atoms. The Kier molecular flexibility index (Phi) is 77.8. The largest absolute Gasteiger partial charge is 0.466 e. The molecule has 0 heterocycles. The highest BCUT2D eigenvalue weighted by Gasteiger charge is 2.20. The Bertz CT molecular complexity index is 1460. The van der Waals surface area contributed by atoms with Gasteiger partial charge in [-0.25, -0.2) is 0 Å². The summed E-state index contributed by atoms with van der Waals surface area (Å²) in [4.78, 5) is 24.6. The van der Waals surface area contributed by atoms with Gasteiger partial charge < -0.3 is 20.3 Å². The summed E-state index contributed by atoms with van der Waals surface area (Å²) >= 11 is 0. The summed E-state index contributed by atoms with van der Waals surface area (Å²) in [6.07, 6.45) is 104. The van der Waals surface area contributed by atoms with Crippen molar-refractivity contribution >= 4 is 11.9 Å². The van der Waals surface area contributed by atoms with Crippen LogP contribution in [0.5, 0.6) is 0 Å². The summed E-state index contributed by atoms with van der Waals surface area (Å²) in [5.41, 5.74) is 0. The molecule has 1 amide bonds. The van der Waals surface area contributed by atoms with Crippen LogP contribution in [-0.2, 0) is 14.3 Å². The number of carbonyl (C=O) groups excluding carboxylic acids is 2. The maximum absolute atomic E-state index is 12.6. The van der Waals surface area contributed by atoms with E-state index in [1.54, 1.807) is 0 Å². The molecule has 6 nitrogen and oxygen atoms in total. The quantitative estimate of drug-likeness (QED) is 0.0320. The van der Waals surface area contributed by atoms with Crippen molar-refractivity contribution < 1.29 is 24.5 Å². The summed E-state index contributed by atoms with van der Waals surface area (Å²) in [5, 5.41) is 23.5. The van der Waals surface area contributed by atoms with Crippen LogP contribution in [0, 0.1) is 0 Å². The number of aliphatic hydroxyl groups is 2. The topological polar surface area (TPSA) is 95.9 Å². The van der Waals surface area contributed by atoms with Crippen LogP contribution in [-0.4, -0.2) is 47.4 Å². The Morgan fingerprint density at radius 1 is 0.311 bits per heavy atom. The molecular weight excluding hydrogens is 1100 g/mol. The third-order valence-corrected chi connectivity index (χ3v) is 19.4. The van der Waals surface area contributed by atoms with Crippen molar-refractivity contribution in [2.45, 2.75) is 475 Å². The van der Waals surface area contributed by atoms with Gasteiger partial charge in [0.2, 0.25) is 5.91 Å². The van der Waals surface area contributed by atoms with Gasteiger partial charge in [0.25, 0.3) is 0 Å². The van der Waals surface area contributed by atoms with Crippen LogP contribution in [0.4, 0.5) is 0 Å². The van der Waals surface area contributed by atoms with Crippen LogP contribution in [0.3, 0.4) is 0 Å². The molecule has 2 unspecified atom stereocenters. The van der Waals surface area contributed by atoms with Gasteiger partial charge in [-0.2, -0.15) is 0 Å². The van der Waals surface area contributed by atoms with Gasteiger partial charge in [0.1, 0.15) is 0 Å². The zero-order chi connectivity index (χ0) is 64.9. The highest BCUT2D eigenvalue weighted by atomic mass is 16.5. The fourth-order valence-electron chi connectivity index (χ4n) is 13.1. The lowest BCUT2D eigenvalue weighted by Gasteiger charge is -2.22. The minimum Gasteiger partial charge on any atom is -0.466 e. The first-order chi connectivity index (χ1) is 44.5. The van der Waals surface area contributed by atoms with Crippen LogP contribution in [0.25, 0.3) is 0 Å². The third-order valence-electron chi connectivity index (χ3n) is 19.4. The molecule has 0 bridgehead atoms. The molecule has 0 aliphatic rings. The molecule has 0 saturated heterocycles. The van der Waals surface area contributed by atoms with Crippen molar-refractivity contribution in [2.24, 2.45) is 0 Å². The van der Waals surface area contributed by atoms with E-state index in [9.17, 15) is 19.8 Å². The Balaban J connectivity index is 3.35. The molecule has 0 rings (SSSR count). The van der Waals surface area contributed by atoms with E-state index < -0.39 is 12.1 Å². The van der Waals surface area contributed by atoms with Gasteiger partial charge >= 0.3 is 5.97 Å². The number of hydrogen-bond donors (Lipinski definition) is 3. The number of ether oxygens (including phenoxy) is 1. The molecule has 0 radical (unpaired) electrons. The molecular formula is C84H161NO5. The molecule has 0 aliphatic carbocycles. The number of hydrogen-bond acceptors (Lipinski definition) is 5. The highest BCUT2D eigenvalue weighted by molar-refractivity contribution is 5.76. The van der Waals surface area contributed by atoms with Gasteiger partial charge in [-0.1, -0.05) is 410 Å². The van der Waals surface area contributed by atoms with E-state index in [0.29, 0.717) is 25.9 Å². The molecule has 0 aliphatic heterocycles. The van der Waals surface area contributed by atoms with E-state index in [2.05, 4.69) is 55.6 Å². The SMILES string of the molecule is CCCC/C=C\C/C=C\CCCCCCCC(=O)OCCCCCCCCCCCCCCCC/C=C\CCCCCCCCCCCCCCCCCCCC(=O)NC(CO)C(O)CCCCCCCCCCCCCCCCCCCCCCCCCC. The highest BCUT2D eigenvalue weighted by Crippen LogP contribution is 2.20. The van der Waals surface area contributed by atoms with E-state index in [4.69, 9.17) is 4.74 Å². The number of carbonyl (C=O) groups is 2. The first-order valence-corrected chi connectivity index (χ1v) is 41.2. The maximum atomic E-state index is 12.6. The standard InChI is InChI=1S/C84H161NO5/c1-3-5-7-9-11-13-15-17-19-20-21-22-23-37-40-43-46-49-52-56-60-64-68-72-76-82(87)81(80-86)85-83(88)77-73-69-65-61-57-53-50-47-44-41-38-35-33-31-29-27-25-24-26-28-30-32-34-36-39-42-45-48-51-55-59-63-67-71-75-79-90-84(89)78-74-70-66-62-58-54-18-16-14-12-10-8-6-4-2/h10,12,16,18,26,28,81-82,86-87H,3-9,11,13-15,17,19-25,27,29-80H2,1-2H3,(H,85,88)/b12-10-,18-16-,28-26-. The Morgan fingerprint density at radius 2 is 0.567 bits per heavy atom. The van der Waals surface area contributed by atoms with Crippen LogP contribution in [0.1, 0.15) is 463 Å². The first kappa shape index (κ1) is 88.1. The third kappa shape index (κ3) is 75.1. The molecule has 0 aromatic carbocycles. The summed E-state index contributed by atoms with van der Waals surface area (Å²) < 4.78 is 5.49. The van der Waals surface area contributed by atoms with Crippen molar-refractivity contribution in [2.75, 3.05) is 13.2 Å². The number of allylic oxidation sites excluding steroid dienone is 6. The summed E-state index contributed by atoms with van der Waals surface area (Å²) in [6.45, 7) is 4.96. The van der Waals surface area contributed by atoms with E-state index in [0.717, 1.165) is 51.4 Å². The monoisotopic (exact) mass is 1260 g/mol. The lowest BCUT2D eigenvalue weighted by molar-refractivity contribution is -0.143. The van der Waals surface area contributed by atoms with E-state index in [1.807, 2.05) is 0 Å². The van der Waals surface area contributed by atoms with Crippen LogP contribution in [0.2, 0.25) is 0 Å². The van der Waals surface area contributed by atoms with Crippen molar-refractivity contribution in [3.63, 3.8) is 0 Å². The summed E-state index contributed by atoms with van der Waals surface area (Å²) in [5.74, 6) is -0.0194. The number of unbranched alkanes of at least 4 members (excludes halogenated alkanes) is 61. The van der Waals surface area contributed by atoms with Crippen molar-refractivity contribution in [1.82, 2.24) is 5.32 Å². The number of amides is 1. The van der Waals surface area contributed by atoms with Crippen LogP contribution in [0.15, 0.2) is 36.5 Å². The van der Waals surface area contributed by atoms with Gasteiger partial charge in [0, 0.05) is 12.8 Å². The molecule has 532 valence electrons. The zero-order valence-corrected chi connectivity index (χ0v) is 61.1. The van der Waals surface area contributed by atoms with Gasteiger partial charge in [-0.3, -0.25) is 9.59 Å². The number of esters is 1. The summed E-state index contributed by atoms with van der Waals surface area (Å²) in [7, 11) is 0. The van der Waals surface area contributed by atoms with Crippen molar-refractivity contribution in [1.29, 1.82) is 0 Å². The number of nitrogens with one attached hydrogen (secondary N) is 1. The minimum atomic E-state index is -0.664. The minimum absolute atomic E-state index is 0.00624. The first-order valence-electron chi connectivity index (χ1n) is 41.2. The molecule has 6 heteroatoms. The molecule has 0 saturated carbocycles. The smallest absolute Gasteiger partial charge is 0.305 e. The van der Waals surface area contributed by atoms with Crippen molar-refractivity contribution in [3.8, 4) is 0 Å². The second-order valence-corrected chi connectivity index (χ2v) is 28.5. The van der Waals surface area contributed by atoms with Gasteiger partial charge in [-0.15, -0.1) is 0 Å². The molecule has 3 N–H and O–H groups in total. The van der Waals surface area contributed by atoms with Gasteiger partial charge in [0.15, 0.2) is 0 Å². The van der Waals surface area contributed by atoms with Crippen molar-refractivity contribution in [3.05, 3.63) is 36.5 Å². The average Bonchev–Trinajstić information content (AvgIpc) is 3.60.